The van der Waals surface area contributed by atoms with Crippen molar-refractivity contribution >= 4 is 5.91 Å². The highest BCUT2D eigenvalue weighted by atomic mass is 19.4. The van der Waals surface area contributed by atoms with Gasteiger partial charge in [-0.2, -0.15) is 13.2 Å². The molecule has 0 spiro atoms. The Morgan fingerprint density at radius 3 is 2.67 bits per heavy atom. The highest BCUT2D eigenvalue weighted by molar-refractivity contribution is 5.82. The molecule has 3 heterocycles. The summed E-state index contributed by atoms with van der Waals surface area (Å²) in [6, 6.07) is 9.98. The Balaban J connectivity index is 1.45. The molecule has 1 aliphatic rings. The van der Waals surface area contributed by atoms with E-state index in [1.165, 1.54) is 12.1 Å². The van der Waals surface area contributed by atoms with Gasteiger partial charge in [0, 0.05) is 32.3 Å². The molecule has 9 heteroatoms. The lowest BCUT2D eigenvalue weighted by Crippen LogP contribution is -2.49. The Labute approximate surface area is 171 Å². The molecule has 6 nitrogen and oxygen atoms in total. The van der Waals surface area contributed by atoms with Crippen LogP contribution in [0.4, 0.5) is 13.2 Å². The second-order valence-electron chi connectivity index (χ2n) is 7.19. The van der Waals surface area contributed by atoms with Gasteiger partial charge in [-0.15, -0.1) is 0 Å². The summed E-state index contributed by atoms with van der Waals surface area (Å²) >= 11 is 0. The maximum Gasteiger partial charge on any atom is 0.416 e. The molecule has 0 saturated heterocycles. The summed E-state index contributed by atoms with van der Waals surface area (Å²) in [6.07, 6.45) is -0.603. The standard InChI is InChI=1S/C21H20F3N5O/c22-21(23,24)15-6-4-14(5-7-15)10-26-20(30)19-9-17-18(28-13-27-17)12-29(19)11-16-3-1-2-8-25-16/h1-8,13,19H,9-12H2,(H,26,30)(H,27,28)/t19-/m0/s1. The Kier molecular flexibility index (Phi) is 5.54. The largest absolute Gasteiger partial charge is 0.416 e. The first kappa shape index (κ1) is 20.1. The molecule has 0 fully saturated rings. The van der Waals surface area contributed by atoms with Crippen LogP contribution >= 0.6 is 0 Å². The van der Waals surface area contributed by atoms with E-state index in [2.05, 4.69) is 20.3 Å². The Morgan fingerprint density at radius 1 is 1.17 bits per heavy atom. The van der Waals surface area contributed by atoms with E-state index in [-0.39, 0.29) is 12.5 Å². The van der Waals surface area contributed by atoms with Crippen LogP contribution in [0.2, 0.25) is 0 Å². The molecule has 156 valence electrons. The molecule has 0 radical (unpaired) electrons. The van der Waals surface area contributed by atoms with Crippen LogP contribution in [0, 0.1) is 0 Å². The lowest BCUT2D eigenvalue weighted by molar-refractivity contribution is -0.137. The van der Waals surface area contributed by atoms with Gasteiger partial charge in [0.1, 0.15) is 0 Å². The molecule has 1 amide bonds. The molecule has 1 aliphatic heterocycles. The van der Waals surface area contributed by atoms with Gasteiger partial charge < -0.3 is 10.3 Å². The van der Waals surface area contributed by atoms with Crippen LogP contribution < -0.4 is 5.32 Å². The topological polar surface area (TPSA) is 73.9 Å². The van der Waals surface area contributed by atoms with Crippen molar-refractivity contribution in [1.29, 1.82) is 0 Å². The normalized spacial score (nSPS) is 16.8. The van der Waals surface area contributed by atoms with Crippen LogP contribution in [0.1, 0.15) is 28.2 Å². The van der Waals surface area contributed by atoms with Crippen molar-refractivity contribution in [2.24, 2.45) is 0 Å². The number of benzene rings is 1. The van der Waals surface area contributed by atoms with Gasteiger partial charge in [0.15, 0.2) is 0 Å². The molecule has 4 rings (SSSR count). The minimum Gasteiger partial charge on any atom is -0.351 e. The number of imidazole rings is 1. The molecule has 0 saturated carbocycles. The minimum atomic E-state index is -4.38. The van der Waals surface area contributed by atoms with Gasteiger partial charge in [-0.25, -0.2) is 4.98 Å². The van der Waals surface area contributed by atoms with E-state index in [0.717, 1.165) is 29.2 Å². The van der Waals surface area contributed by atoms with Crippen molar-refractivity contribution in [3.63, 3.8) is 0 Å². The van der Waals surface area contributed by atoms with Crippen LogP contribution in [-0.4, -0.2) is 31.8 Å². The quantitative estimate of drug-likeness (QED) is 0.672. The molecule has 0 aliphatic carbocycles. The lowest BCUT2D eigenvalue weighted by Gasteiger charge is -2.33. The number of rotatable bonds is 5. The van der Waals surface area contributed by atoms with Crippen LogP contribution in [0.25, 0.3) is 0 Å². The third-order valence-corrected chi connectivity index (χ3v) is 5.14. The van der Waals surface area contributed by atoms with Crippen LogP contribution in [-0.2, 0) is 37.0 Å². The number of carbonyl (C=O) groups is 1. The van der Waals surface area contributed by atoms with E-state index in [9.17, 15) is 18.0 Å². The number of halogens is 3. The van der Waals surface area contributed by atoms with Crippen molar-refractivity contribution in [1.82, 2.24) is 25.2 Å². The summed E-state index contributed by atoms with van der Waals surface area (Å²) in [7, 11) is 0. The van der Waals surface area contributed by atoms with Gasteiger partial charge in [0.05, 0.1) is 35.0 Å². The zero-order valence-electron chi connectivity index (χ0n) is 16.0. The number of hydrogen-bond acceptors (Lipinski definition) is 4. The number of carbonyl (C=O) groups excluding carboxylic acids is 1. The molecular weight excluding hydrogens is 395 g/mol. The first-order chi connectivity index (χ1) is 14.4. The first-order valence-electron chi connectivity index (χ1n) is 9.49. The van der Waals surface area contributed by atoms with Crippen molar-refractivity contribution in [3.8, 4) is 0 Å². The molecular formula is C21H20F3N5O. The average Bonchev–Trinajstić information content (AvgIpc) is 3.19. The number of H-pyrrole nitrogens is 1. The van der Waals surface area contributed by atoms with Gasteiger partial charge in [-0.1, -0.05) is 18.2 Å². The number of hydrogen-bond donors (Lipinski definition) is 2. The number of aromatic amines is 1. The predicted octanol–water partition coefficient (Wildman–Crippen LogP) is 3.07. The fraction of sp³-hybridized carbons (Fsp3) is 0.286. The molecule has 0 unspecified atom stereocenters. The Morgan fingerprint density at radius 2 is 1.97 bits per heavy atom. The molecule has 30 heavy (non-hydrogen) atoms. The smallest absolute Gasteiger partial charge is 0.351 e. The Bertz CT molecular complexity index is 1000. The fourth-order valence-corrected chi connectivity index (χ4v) is 3.53. The zero-order valence-corrected chi connectivity index (χ0v) is 16.0. The SMILES string of the molecule is O=C(NCc1ccc(C(F)(F)F)cc1)[C@@H]1Cc2nc[nH]c2CN1Cc1ccccn1. The summed E-state index contributed by atoms with van der Waals surface area (Å²) in [4.78, 5) is 26.7. The molecule has 0 bridgehead atoms. The third-order valence-electron chi connectivity index (χ3n) is 5.14. The number of nitrogens with zero attached hydrogens (tertiary/aromatic N) is 3. The van der Waals surface area contributed by atoms with Crippen molar-refractivity contribution < 1.29 is 18.0 Å². The van der Waals surface area contributed by atoms with E-state index in [1.54, 1.807) is 12.5 Å². The van der Waals surface area contributed by atoms with Crippen LogP contribution in [0.15, 0.2) is 55.0 Å². The molecule has 2 aromatic heterocycles. The molecule has 2 N–H and O–H groups in total. The molecule has 1 aromatic carbocycles. The average molecular weight is 415 g/mol. The monoisotopic (exact) mass is 415 g/mol. The van der Waals surface area contributed by atoms with E-state index >= 15 is 0 Å². The number of nitrogens with one attached hydrogen (secondary N) is 2. The van der Waals surface area contributed by atoms with Crippen LogP contribution in [0.3, 0.4) is 0 Å². The van der Waals surface area contributed by atoms with Crippen molar-refractivity contribution in [2.75, 3.05) is 0 Å². The summed E-state index contributed by atoms with van der Waals surface area (Å²) in [5.41, 5.74) is 2.56. The van der Waals surface area contributed by atoms with Crippen LogP contribution in [0.5, 0.6) is 0 Å². The predicted molar refractivity (Wildman–Crippen MR) is 103 cm³/mol. The summed E-state index contributed by atoms with van der Waals surface area (Å²) in [5, 5.41) is 2.85. The summed E-state index contributed by atoms with van der Waals surface area (Å²) in [6.45, 7) is 1.18. The van der Waals surface area contributed by atoms with Crippen molar-refractivity contribution in [3.05, 3.63) is 83.2 Å². The van der Waals surface area contributed by atoms with Gasteiger partial charge >= 0.3 is 6.18 Å². The van der Waals surface area contributed by atoms with Gasteiger partial charge in [-0.3, -0.25) is 14.7 Å². The van der Waals surface area contributed by atoms with E-state index in [4.69, 9.17) is 0 Å². The first-order valence-corrected chi connectivity index (χ1v) is 9.49. The Hall–Kier alpha value is -3.20. The minimum absolute atomic E-state index is 0.151. The lowest BCUT2D eigenvalue weighted by atomic mass is 10.0. The molecule has 1 atom stereocenters. The number of alkyl halides is 3. The van der Waals surface area contributed by atoms with Crippen molar-refractivity contribution in [2.45, 2.75) is 38.3 Å². The number of fused-ring (bicyclic) bond motifs is 1. The zero-order chi connectivity index (χ0) is 21.1. The molecule has 3 aromatic rings. The summed E-state index contributed by atoms with van der Waals surface area (Å²) < 4.78 is 38.1. The number of pyridine rings is 1. The second kappa shape index (κ2) is 8.27. The maximum atomic E-state index is 12.9. The second-order valence-corrected chi connectivity index (χ2v) is 7.19. The highest BCUT2D eigenvalue weighted by Gasteiger charge is 2.33. The number of amides is 1. The van der Waals surface area contributed by atoms with E-state index in [0.29, 0.717) is 25.1 Å². The van der Waals surface area contributed by atoms with Gasteiger partial charge in [0.25, 0.3) is 0 Å². The van der Waals surface area contributed by atoms with Gasteiger partial charge in [-0.05, 0) is 29.8 Å². The fourth-order valence-electron chi connectivity index (χ4n) is 3.53. The number of aromatic nitrogens is 3. The van der Waals surface area contributed by atoms with E-state index < -0.39 is 17.8 Å². The van der Waals surface area contributed by atoms with Gasteiger partial charge in [0.2, 0.25) is 5.91 Å². The van der Waals surface area contributed by atoms with E-state index in [1.807, 2.05) is 23.1 Å². The maximum absolute atomic E-state index is 12.9. The third kappa shape index (κ3) is 4.51. The highest BCUT2D eigenvalue weighted by Crippen LogP contribution is 2.29. The summed E-state index contributed by atoms with van der Waals surface area (Å²) in [5.74, 6) is -0.195.